The minimum absolute atomic E-state index is 0. The molecule has 0 atom stereocenters. The van der Waals surface area contributed by atoms with Crippen molar-refractivity contribution in [1.29, 1.82) is 0 Å². The molecule has 0 radical (unpaired) electrons. The molecule has 1 N–H and O–H groups in total. The van der Waals surface area contributed by atoms with Crippen LogP contribution in [0.4, 0.5) is 0 Å². The van der Waals surface area contributed by atoms with Crippen LogP contribution in [0, 0.1) is 0 Å². The number of benzene rings is 1. The maximum atomic E-state index is 5.48. The van der Waals surface area contributed by atoms with Crippen molar-refractivity contribution in [2.75, 3.05) is 74.1 Å². The number of aliphatic imine (C=N–C) groups is 1. The van der Waals surface area contributed by atoms with Crippen LogP contribution in [0.25, 0.3) is 0 Å². The molecule has 2 heterocycles. The summed E-state index contributed by atoms with van der Waals surface area (Å²) in [6, 6.07) is 4.21. The average molecular weight is 531 g/mol. The Morgan fingerprint density at radius 3 is 2.47 bits per heavy atom. The lowest BCUT2D eigenvalue weighted by molar-refractivity contribution is 0.273. The van der Waals surface area contributed by atoms with Gasteiger partial charge in [-0.2, -0.15) is 0 Å². The molecular formula is C22H38IN5O2. The molecule has 170 valence electrons. The van der Waals surface area contributed by atoms with Crippen LogP contribution >= 0.6 is 24.0 Å². The molecule has 2 aliphatic rings. The summed E-state index contributed by atoms with van der Waals surface area (Å²) >= 11 is 0. The van der Waals surface area contributed by atoms with Gasteiger partial charge in [0.05, 0.1) is 14.2 Å². The average Bonchev–Trinajstić information content (AvgIpc) is 2.96. The van der Waals surface area contributed by atoms with Gasteiger partial charge in [0.1, 0.15) is 0 Å². The molecule has 8 heteroatoms. The number of likely N-dealkylation sites (N-methyl/N-ethyl adjacent to an activating group) is 1. The first-order valence-corrected chi connectivity index (χ1v) is 10.7. The maximum Gasteiger partial charge on any atom is 0.193 e. The van der Waals surface area contributed by atoms with E-state index in [9.17, 15) is 0 Å². The van der Waals surface area contributed by atoms with Gasteiger partial charge in [0.25, 0.3) is 0 Å². The lowest BCUT2D eigenvalue weighted by Gasteiger charge is -2.32. The van der Waals surface area contributed by atoms with Crippen molar-refractivity contribution < 1.29 is 9.47 Å². The maximum absolute atomic E-state index is 5.48. The van der Waals surface area contributed by atoms with Gasteiger partial charge in [0.2, 0.25) is 0 Å². The molecule has 0 saturated carbocycles. The van der Waals surface area contributed by atoms with Gasteiger partial charge in [0.15, 0.2) is 17.5 Å². The zero-order valence-electron chi connectivity index (χ0n) is 18.9. The first-order valence-electron chi connectivity index (χ1n) is 10.7. The monoisotopic (exact) mass is 531 g/mol. The molecule has 1 fully saturated rings. The van der Waals surface area contributed by atoms with E-state index >= 15 is 0 Å². The number of rotatable bonds is 6. The lowest BCUT2D eigenvalue weighted by Crippen LogP contribution is -2.44. The number of nitrogens with zero attached hydrogens (tertiary/aromatic N) is 4. The molecule has 30 heavy (non-hydrogen) atoms. The van der Waals surface area contributed by atoms with Crippen molar-refractivity contribution in [3.05, 3.63) is 23.3 Å². The summed E-state index contributed by atoms with van der Waals surface area (Å²) in [6.07, 6.45) is 3.39. The van der Waals surface area contributed by atoms with Crippen LogP contribution in [0.5, 0.6) is 11.5 Å². The molecule has 1 saturated heterocycles. The normalized spacial score (nSPS) is 18.3. The Labute approximate surface area is 198 Å². The summed E-state index contributed by atoms with van der Waals surface area (Å²) < 4.78 is 10.9. The van der Waals surface area contributed by atoms with Crippen molar-refractivity contribution in [3.63, 3.8) is 0 Å². The van der Waals surface area contributed by atoms with Crippen molar-refractivity contribution in [1.82, 2.24) is 20.0 Å². The van der Waals surface area contributed by atoms with Crippen molar-refractivity contribution >= 4 is 29.9 Å². The highest BCUT2D eigenvalue weighted by atomic mass is 127. The van der Waals surface area contributed by atoms with E-state index in [-0.39, 0.29) is 24.0 Å². The van der Waals surface area contributed by atoms with Crippen LogP contribution in [0.1, 0.15) is 24.0 Å². The molecule has 7 nitrogen and oxygen atoms in total. The topological polar surface area (TPSA) is 52.6 Å². The second-order valence-electron chi connectivity index (χ2n) is 7.97. The second kappa shape index (κ2) is 12.6. The van der Waals surface area contributed by atoms with E-state index in [1.54, 1.807) is 14.2 Å². The Hall–Kier alpha value is -1.26. The Morgan fingerprint density at radius 1 is 1.03 bits per heavy atom. The molecule has 0 unspecified atom stereocenters. The number of ether oxygens (including phenoxy) is 2. The second-order valence-corrected chi connectivity index (χ2v) is 7.97. The van der Waals surface area contributed by atoms with Gasteiger partial charge in [-0.3, -0.25) is 4.99 Å². The zero-order chi connectivity index (χ0) is 20.6. The third-order valence-corrected chi connectivity index (χ3v) is 5.98. The van der Waals surface area contributed by atoms with E-state index < -0.39 is 0 Å². The lowest BCUT2D eigenvalue weighted by atomic mass is 9.99. The smallest absolute Gasteiger partial charge is 0.193 e. The van der Waals surface area contributed by atoms with Crippen molar-refractivity contribution in [3.8, 4) is 11.5 Å². The molecule has 1 aromatic rings. The van der Waals surface area contributed by atoms with Crippen molar-refractivity contribution in [2.45, 2.75) is 25.8 Å². The largest absolute Gasteiger partial charge is 0.493 e. The van der Waals surface area contributed by atoms with Gasteiger partial charge in [-0.25, -0.2) is 0 Å². The van der Waals surface area contributed by atoms with Gasteiger partial charge in [-0.15, -0.1) is 24.0 Å². The van der Waals surface area contributed by atoms with Crippen LogP contribution in [0.15, 0.2) is 17.1 Å². The number of fused-ring (bicyclic) bond motifs is 1. The SMILES string of the molecule is CN=C(NCCCN1CCCN(C)CC1)N1CCc2cc(OC)c(OC)cc2C1.I. The molecule has 0 bridgehead atoms. The molecule has 2 aliphatic heterocycles. The Bertz CT molecular complexity index is 700. The van der Waals surface area contributed by atoms with Crippen LogP contribution in [0.3, 0.4) is 0 Å². The number of guanidine groups is 1. The Balaban J connectivity index is 0.00000320. The highest BCUT2D eigenvalue weighted by Gasteiger charge is 2.21. The van der Waals surface area contributed by atoms with Gasteiger partial charge in [0, 0.05) is 39.8 Å². The molecular weight excluding hydrogens is 493 g/mol. The Kier molecular flexibility index (Phi) is 10.5. The highest BCUT2D eigenvalue weighted by molar-refractivity contribution is 14.0. The highest BCUT2D eigenvalue weighted by Crippen LogP contribution is 2.33. The van der Waals surface area contributed by atoms with E-state index in [1.165, 1.54) is 43.7 Å². The first-order chi connectivity index (χ1) is 14.1. The molecule has 0 aromatic heterocycles. The summed E-state index contributed by atoms with van der Waals surface area (Å²) in [5, 5.41) is 3.57. The summed E-state index contributed by atoms with van der Waals surface area (Å²) in [7, 11) is 7.47. The van der Waals surface area contributed by atoms with E-state index in [1.807, 2.05) is 7.05 Å². The predicted octanol–water partition coefficient (Wildman–Crippen LogP) is 2.28. The number of hydrogen-bond acceptors (Lipinski definition) is 5. The fourth-order valence-corrected chi connectivity index (χ4v) is 4.22. The van der Waals surface area contributed by atoms with Gasteiger partial charge in [-0.1, -0.05) is 0 Å². The number of hydrogen-bond donors (Lipinski definition) is 1. The van der Waals surface area contributed by atoms with Gasteiger partial charge >= 0.3 is 0 Å². The van der Waals surface area contributed by atoms with E-state index in [0.717, 1.165) is 56.5 Å². The minimum Gasteiger partial charge on any atom is -0.493 e. The Morgan fingerprint density at radius 2 is 1.77 bits per heavy atom. The van der Waals surface area contributed by atoms with Crippen LogP contribution in [-0.4, -0.2) is 94.8 Å². The number of nitrogens with one attached hydrogen (secondary N) is 1. The van der Waals surface area contributed by atoms with E-state index in [2.05, 4.69) is 44.2 Å². The van der Waals surface area contributed by atoms with Gasteiger partial charge < -0.3 is 29.5 Å². The third kappa shape index (κ3) is 6.62. The minimum atomic E-state index is 0. The standard InChI is InChI=1S/C22H37N5O2.HI/c1-23-22(24-8-5-10-26-11-6-9-25(2)13-14-26)27-12-7-18-15-20(28-3)21(29-4)16-19(18)17-27;/h15-16H,5-14,17H2,1-4H3,(H,23,24);1H. The number of methoxy groups -OCH3 is 2. The predicted molar refractivity (Wildman–Crippen MR) is 134 cm³/mol. The summed E-state index contributed by atoms with van der Waals surface area (Å²) in [6.45, 7) is 8.69. The third-order valence-electron chi connectivity index (χ3n) is 5.98. The number of halogens is 1. The fraction of sp³-hybridized carbons (Fsp3) is 0.682. The van der Waals surface area contributed by atoms with Gasteiger partial charge in [-0.05, 0) is 69.2 Å². The quantitative estimate of drug-likeness (QED) is 0.263. The summed E-state index contributed by atoms with van der Waals surface area (Å²) in [5.74, 6) is 2.59. The molecule has 0 aliphatic carbocycles. The fourth-order valence-electron chi connectivity index (χ4n) is 4.22. The first kappa shape index (κ1) is 25.0. The molecule has 3 rings (SSSR count). The molecule has 0 spiro atoms. The summed E-state index contributed by atoms with van der Waals surface area (Å²) in [4.78, 5) is 11.9. The van der Waals surface area contributed by atoms with Crippen molar-refractivity contribution in [2.24, 2.45) is 4.99 Å². The van der Waals surface area contributed by atoms with Crippen LogP contribution < -0.4 is 14.8 Å². The zero-order valence-corrected chi connectivity index (χ0v) is 21.3. The van der Waals surface area contributed by atoms with E-state index in [0.29, 0.717) is 0 Å². The summed E-state index contributed by atoms with van der Waals surface area (Å²) in [5.41, 5.74) is 2.62. The molecule has 0 amide bonds. The van der Waals surface area contributed by atoms with Crippen LogP contribution in [-0.2, 0) is 13.0 Å². The van der Waals surface area contributed by atoms with E-state index in [4.69, 9.17) is 9.47 Å². The van der Waals surface area contributed by atoms with Crippen LogP contribution in [0.2, 0.25) is 0 Å². The molecule has 1 aromatic carbocycles.